The Bertz CT molecular complexity index is 1170. The van der Waals surface area contributed by atoms with Gasteiger partial charge in [0.1, 0.15) is 11.4 Å². The van der Waals surface area contributed by atoms with Gasteiger partial charge in [0.2, 0.25) is 0 Å². The predicted octanol–water partition coefficient (Wildman–Crippen LogP) is 4.19. The van der Waals surface area contributed by atoms with Crippen LogP contribution >= 0.6 is 0 Å². The number of nitrogens with zero attached hydrogens (tertiary/aromatic N) is 3. The van der Waals surface area contributed by atoms with Gasteiger partial charge in [0.25, 0.3) is 5.91 Å². The molecular formula is C21H17F3N4O4. The van der Waals surface area contributed by atoms with E-state index in [1.807, 2.05) is 0 Å². The van der Waals surface area contributed by atoms with Crippen molar-refractivity contribution in [1.29, 1.82) is 0 Å². The number of alkyl halides is 3. The number of hydrogen-bond donors (Lipinski definition) is 2. The summed E-state index contributed by atoms with van der Waals surface area (Å²) in [4.78, 5) is 25.4. The maximum atomic E-state index is 13.6. The number of hydrogen-bond acceptors (Lipinski definition) is 4. The Morgan fingerprint density at radius 2 is 1.72 bits per heavy atom. The number of fused-ring (bicyclic) bond motifs is 1. The highest BCUT2D eigenvalue weighted by Crippen LogP contribution is 2.37. The number of anilines is 2. The van der Waals surface area contributed by atoms with Crippen LogP contribution in [0.2, 0.25) is 0 Å². The van der Waals surface area contributed by atoms with Crippen molar-refractivity contribution >= 4 is 23.4 Å². The first-order chi connectivity index (χ1) is 15.2. The van der Waals surface area contributed by atoms with Crippen molar-refractivity contribution in [2.24, 2.45) is 0 Å². The number of ether oxygens (including phenoxy) is 1. The molecule has 1 aliphatic rings. The SMILES string of the molecule is COc1ccc(-n2nc(C(F)(F)F)c3c2C(=O)N(c2ccc(NC(=O)O)cc2)CC3)cc1. The fourth-order valence-corrected chi connectivity index (χ4v) is 3.59. The normalized spacial score (nSPS) is 13.6. The minimum Gasteiger partial charge on any atom is -0.497 e. The summed E-state index contributed by atoms with van der Waals surface area (Å²) in [7, 11) is 1.46. The van der Waals surface area contributed by atoms with Crippen molar-refractivity contribution in [2.75, 3.05) is 23.9 Å². The third kappa shape index (κ3) is 3.84. The van der Waals surface area contributed by atoms with Crippen LogP contribution in [0, 0.1) is 0 Å². The number of methoxy groups -OCH3 is 1. The first-order valence-corrected chi connectivity index (χ1v) is 9.44. The van der Waals surface area contributed by atoms with Gasteiger partial charge in [0.05, 0.1) is 12.8 Å². The maximum absolute atomic E-state index is 13.6. The lowest BCUT2D eigenvalue weighted by Gasteiger charge is -2.28. The molecule has 0 radical (unpaired) electrons. The second-order valence-electron chi connectivity index (χ2n) is 6.97. The van der Waals surface area contributed by atoms with E-state index in [9.17, 15) is 22.8 Å². The molecule has 2 heterocycles. The Morgan fingerprint density at radius 1 is 1.09 bits per heavy atom. The molecule has 0 aliphatic carbocycles. The first-order valence-electron chi connectivity index (χ1n) is 9.44. The quantitative estimate of drug-likeness (QED) is 0.627. The van der Waals surface area contributed by atoms with E-state index in [0.717, 1.165) is 4.68 Å². The molecule has 0 unspecified atom stereocenters. The summed E-state index contributed by atoms with van der Waals surface area (Å²) in [6.07, 6.45) is -5.99. The van der Waals surface area contributed by atoms with Crippen molar-refractivity contribution < 1.29 is 32.6 Å². The van der Waals surface area contributed by atoms with Gasteiger partial charge >= 0.3 is 12.3 Å². The number of benzene rings is 2. The molecule has 0 fully saturated rings. The molecule has 0 saturated carbocycles. The zero-order valence-corrected chi connectivity index (χ0v) is 16.7. The zero-order chi connectivity index (χ0) is 23.0. The lowest BCUT2D eigenvalue weighted by Crippen LogP contribution is -2.39. The first kappa shape index (κ1) is 21.2. The number of carboxylic acid groups (broad SMARTS) is 1. The van der Waals surface area contributed by atoms with Gasteiger partial charge in [-0.05, 0) is 55.0 Å². The summed E-state index contributed by atoms with van der Waals surface area (Å²) < 4.78 is 47.0. The van der Waals surface area contributed by atoms with Gasteiger partial charge in [-0.3, -0.25) is 10.1 Å². The second-order valence-corrected chi connectivity index (χ2v) is 6.97. The largest absolute Gasteiger partial charge is 0.497 e. The molecular weight excluding hydrogens is 429 g/mol. The number of aromatic nitrogens is 2. The van der Waals surface area contributed by atoms with E-state index in [2.05, 4.69) is 10.4 Å². The van der Waals surface area contributed by atoms with E-state index in [1.54, 1.807) is 12.1 Å². The van der Waals surface area contributed by atoms with Gasteiger partial charge in [0, 0.05) is 23.5 Å². The highest BCUT2D eigenvalue weighted by Gasteiger charge is 2.43. The molecule has 8 nitrogen and oxygen atoms in total. The standard InChI is InChI=1S/C21H17F3N4O4/c1-32-15-8-6-14(7-9-15)28-17-16(18(26-28)21(22,23)24)10-11-27(19(17)29)13-4-2-12(3-5-13)25-20(30)31/h2-9,25H,10-11H2,1H3,(H,30,31). The van der Waals surface area contributed by atoms with Gasteiger partial charge in [-0.15, -0.1) is 0 Å². The van der Waals surface area contributed by atoms with Gasteiger partial charge < -0.3 is 14.7 Å². The van der Waals surface area contributed by atoms with Crippen LogP contribution in [0.5, 0.6) is 5.75 Å². The van der Waals surface area contributed by atoms with E-state index in [4.69, 9.17) is 9.84 Å². The Labute approximate surface area is 179 Å². The molecule has 0 bridgehead atoms. The Morgan fingerprint density at radius 3 is 2.28 bits per heavy atom. The number of carbonyl (C=O) groups is 2. The zero-order valence-electron chi connectivity index (χ0n) is 16.7. The summed E-state index contributed by atoms with van der Waals surface area (Å²) in [5.74, 6) is -0.127. The van der Waals surface area contributed by atoms with E-state index >= 15 is 0 Å². The molecule has 1 aliphatic heterocycles. The van der Waals surface area contributed by atoms with Crippen molar-refractivity contribution in [2.45, 2.75) is 12.6 Å². The fraction of sp³-hybridized carbons (Fsp3) is 0.190. The van der Waals surface area contributed by atoms with Crippen molar-refractivity contribution in [3.63, 3.8) is 0 Å². The number of nitrogens with one attached hydrogen (secondary N) is 1. The summed E-state index contributed by atoms with van der Waals surface area (Å²) in [5, 5.41) is 14.7. The van der Waals surface area contributed by atoms with Crippen LogP contribution in [0.4, 0.5) is 29.3 Å². The molecule has 2 aromatic carbocycles. The number of amides is 2. The highest BCUT2D eigenvalue weighted by atomic mass is 19.4. The molecule has 0 spiro atoms. The summed E-state index contributed by atoms with van der Waals surface area (Å²) >= 11 is 0. The topological polar surface area (TPSA) is 96.7 Å². The van der Waals surface area contributed by atoms with Gasteiger partial charge in [0.15, 0.2) is 5.69 Å². The van der Waals surface area contributed by atoms with Crippen molar-refractivity contribution in [1.82, 2.24) is 9.78 Å². The average Bonchev–Trinajstić information content (AvgIpc) is 3.15. The van der Waals surface area contributed by atoms with Crippen LogP contribution in [0.3, 0.4) is 0 Å². The molecule has 32 heavy (non-hydrogen) atoms. The second kappa shape index (κ2) is 7.91. The third-order valence-electron chi connectivity index (χ3n) is 5.03. The summed E-state index contributed by atoms with van der Waals surface area (Å²) in [6, 6.07) is 12.1. The molecule has 2 N–H and O–H groups in total. The Balaban J connectivity index is 1.76. The van der Waals surface area contributed by atoms with Crippen LogP contribution in [0.15, 0.2) is 48.5 Å². The predicted molar refractivity (Wildman–Crippen MR) is 109 cm³/mol. The average molecular weight is 446 g/mol. The van der Waals surface area contributed by atoms with Gasteiger partial charge in [-0.2, -0.15) is 18.3 Å². The minimum atomic E-state index is -4.71. The fourth-order valence-electron chi connectivity index (χ4n) is 3.59. The maximum Gasteiger partial charge on any atom is 0.435 e. The Hall–Kier alpha value is -4.02. The van der Waals surface area contributed by atoms with Crippen LogP contribution in [0.1, 0.15) is 21.7 Å². The number of carbonyl (C=O) groups excluding carboxylic acids is 1. The number of rotatable bonds is 4. The van der Waals surface area contributed by atoms with Gasteiger partial charge in [-0.25, -0.2) is 9.48 Å². The molecule has 2 amide bonds. The van der Waals surface area contributed by atoms with Crippen molar-refractivity contribution in [3.8, 4) is 11.4 Å². The highest BCUT2D eigenvalue weighted by molar-refractivity contribution is 6.07. The van der Waals surface area contributed by atoms with E-state index < -0.39 is 23.9 Å². The molecule has 0 saturated heterocycles. The van der Waals surface area contributed by atoms with E-state index in [0.29, 0.717) is 17.1 Å². The minimum absolute atomic E-state index is 0.0227. The molecule has 11 heteroatoms. The molecule has 0 atom stereocenters. The lowest BCUT2D eigenvalue weighted by molar-refractivity contribution is -0.141. The molecule has 4 rings (SSSR count). The van der Waals surface area contributed by atoms with Crippen LogP contribution in [-0.2, 0) is 12.6 Å². The Kier molecular flexibility index (Phi) is 5.25. The van der Waals surface area contributed by atoms with Crippen LogP contribution in [-0.4, -0.2) is 40.5 Å². The van der Waals surface area contributed by atoms with Crippen LogP contribution < -0.4 is 15.0 Å². The van der Waals surface area contributed by atoms with E-state index in [1.165, 1.54) is 48.4 Å². The van der Waals surface area contributed by atoms with E-state index in [-0.39, 0.29) is 29.9 Å². The number of halogens is 3. The summed E-state index contributed by atoms with van der Waals surface area (Å²) in [6.45, 7) is 0.0227. The molecule has 1 aromatic heterocycles. The van der Waals surface area contributed by atoms with Gasteiger partial charge in [-0.1, -0.05) is 0 Å². The molecule has 166 valence electrons. The third-order valence-corrected chi connectivity index (χ3v) is 5.03. The lowest BCUT2D eigenvalue weighted by atomic mass is 10.0. The monoisotopic (exact) mass is 446 g/mol. The van der Waals surface area contributed by atoms with Crippen LogP contribution in [0.25, 0.3) is 5.69 Å². The smallest absolute Gasteiger partial charge is 0.435 e. The van der Waals surface area contributed by atoms with Crippen molar-refractivity contribution in [3.05, 3.63) is 65.5 Å². The summed E-state index contributed by atoms with van der Waals surface area (Å²) in [5.41, 5.74) is -0.395. The molecule has 3 aromatic rings.